The van der Waals surface area contributed by atoms with Crippen molar-refractivity contribution in [2.24, 2.45) is 5.92 Å². The van der Waals surface area contributed by atoms with Crippen molar-refractivity contribution in [3.05, 3.63) is 10.6 Å². The largest absolute Gasteiger partial charge is 0.346 e. The molecule has 0 bridgehead atoms. The summed E-state index contributed by atoms with van der Waals surface area (Å²) in [5.41, 5.74) is 1.23. The molecule has 4 nitrogen and oxygen atoms in total. The van der Waals surface area contributed by atoms with Crippen LogP contribution in [0.4, 0.5) is 5.13 Å². The second-order valence-corrected chi connectivity index (χ2v) is 7.95. The van der Waals surface area contributed by atoms with Crippen LogP contribution >= 0.6 is 11.3 Å². The Morgan fingerprint density at radius 1 is 1.14 bits per heavy atom. The number of aromatic nitrogens is 1. The number of piperazine rings is 1. The van der Waals surface area contributed by atoms with Crippen LogP contribution < -0.4 is 10.2 Å². The van der Waals surface area contributed by atoms with Gasteiger partial charge in [-0.05, 0) is 38.5 Å². The zero-order valence-corrected chi connectivity index (χ0v) is 13.8. The maximum absolute atomic E-state index is 4.82. The number of anilines is 1. The zero-order valence-electron chi connectivity index (χ0n) is 13.0. The Hall–Kier alpha value is -0.650. The first-order valence-electron chi connectivity index (χ1n) is 8.45. The summed E-state index contributed by atoms with van der Waals surface area (Å²) in [7, 11) is 0. The van der Waals surface area contributed by atoms with Gasteiger partial charge in [-0.1, -0.05) is 0 Å². The molecule has 0 spiro atoms. The first-order valence-corrected chi connectivity index (χ1v) is 9.26. The van der Waals surface area contributed by atoms with E-state index in [9.17, 15) is 0 Å². The van der Waals surface area contributed by atoms with Gasteiger partial charge in [0.05, 0.1) is 5.69 Å². The molecule has 1 aliphatic heterocycles. The highest BCUT2D eigenvalue weighted by Crippen LogP contribution is 2.31. The number of aryl methyl sites for hydroxylation is 1. The summed E-state index contributed by atoms with van der Waals surface area (Å²) in [6, 6.07) is 0.779. The van der Waals surface area contributed by atoms with E-state index in [4.69, 9.17) is 4.98 Å². The van der Waals surface area contributed by atoms with Crippen molar-refractivity contribution in [1.29, 1.82) is 0 Å². The van der Waals surface area contributed by atoms with E-state index >= 15 is 0 Å². The molecule has 1 N–H and O–H groups in total. The van der Waals surface area contributed by atoms with E-state index in [1.165, 1.54) is 61.0 Å². The molecule has 21 heavy (non-hydrogen) atoms. The van der Waals surface area contributed by atoms with Crippen LogP contribution in [0.1, 0.15) is 36.3 Å². The quantitative estimate of drug-likeness (QED) is 0.873. The van der Waals surface area contributed by atoms with Crippen LogP contribution in [0, 0.1) is 12.8 Å². The minimum atomic E-state index is 0.779. The highest BCUT2D eigenvalue weighted by molar-refractivity contribution is 7.15. The van der Waals surface area contributed by atoms with Crippen molar-refractivity contribution in [1.82, 2.24) is 15.2 Å². The molecule has 2 aliphatic carbocycles. The molecule has 0 radical (unpaired) electrons. The average molecular weight is 306 g/mol. The molecule has 5 heteroatoms. The standard InChI is InChI=1S/C16H26N4S/c1-12-15(10-17-14-4-5-14)21-16(18-12)20-8-6-19(7-9-20)11-13-2-3-13/h13-14,17H,2-11H2,1H3. The minimum absolute atomic E-state index is 0.779. The maximum atomic E-state index is 4.82. The van der Waals surface area contributed by atoms with Crippen LogP contribution in [0.5, 0.6) is 0 Å². The average Bonchev–Trinajstić information content (AvgIpc) is 3.40. The summed E-state index contributed by atoms with van der Waals surface area (Å²) < 4.78 is 0. The summed E-state index contributed by atoms with van der Waals surface area (Å²) in [5, 5.41) is 4.85. The molecule has 116 valence electrons. The lowest BCUT2D eigenvalue weighted by atomic mass is 10.3. The van der Waals surface area contributed by atoms with Gasteiger partial charge < -0.3 is 10.2 Å². The third-order valence-corrected chi connectivity index (χ3v) is 6.08. The monoisotopic (exact) mass is 306 g/mol. The molecule has 2 saturated carbocycles. The Bertz CT molecular complexity index is 484. The molecule has 3 fully saturated rings. The van der Waals surface area contributed by atoms with E-state index in [1.807, 2.05) is 11.3 Å². The fraction of sp³-hybridized carbons (Fsp3) is 0.812. The summed E-state index contributed by atoms with van der Waals surface area (Å²) in [6.45, 7) is 9.23. The fourth-order valence-electron chi connectivity index (χ4n) is 3.02. The van der Waals surface area contributed by atoms with Gasteiger partial charge in [-0.15, -0.1) is 11.3 Å². The van der Waals surface area contributed by atoms with Crippen molar-refractivity contribution >= 4 is 16.5 Å². The van der Waals surface area contributed by atoms with Crippen LogP contribution in [0.15, 0.2) is 0 Å². The Balaban J connectivity index is 1.32. The molecular weight excluding hydrogens is 280 g/mol. The van der Waals surface area contributed by atoms with E-state index in [-0.39, 0.29) is 0 Å². The van der Waals surface area contributed by atoms with Crippen molar-refractivity contribution in [3.8, 4) is 0 Å². The second-order valence-electron chi connectivity index (χ2n) is 6.89. The normalized spacial score (nSPS) is 23.8. The molecule has 1 aromatic rings. The van der Waals surface area contributed by atoms with Gasteiger partial charge in [0.2, 0.25) is 0 Å². The van der Waals surface area contributed by atoms with E-state index in [0.717, 1.165) is 31.6 Å². The van der Waals surface area contributed by atoms with Crippen LogP contribution in [-0.4, -0.2) is 48.6 Å². The van der Waals surface area contributed by atoms with E-state index < -0.39 is 0 Å². The molecule has 1 saturated heterocycles. The van der Waals surface area contributed by atoms with Gasteiger partial charge in [-0.2, -0.15) is 0 Å². The number of nitrogens with zero attached hydrogens (tertiary/aromatic N) is 3. The minimum Gasteiger partial charge on any atom is -0.346 e. The molecule has 2 heterocycles. The Morgan fingerprint density at radius 2 is 1.90 bits per heavy atom. The summed E-state index contributed by atoms with van der Waals surface area (Å²) in [5.74, 6) is 1.01. The molecule has 0 unspecified atom stereocenters. The summed E-state index contributed by atoms with van der Waals surface area (Å²) in [4.78, 5) is 11.4. The number of hydrogen-bond acceptors (Lipinski definition) is 5. The number of hydrogen-bond donors (Lipinski definition) is 1. The van der Waals surface area contributed by atoms with Gasteiger partial charge in [0.25, 0.3) is 0 Å². The third kappa shape index (κ3) is 3.58. The Kier molecular flexibility index (Phi) is 3.90. The van der Waals surface area contributed by atoms with Crippen molar-refractivity contribution in [3.63, 3.8) is 0 Å². The van der Waals surface area contributed by atoms with Crippen molar-refractivity contribution in [2.45, 2.75) is 45.2 Å². The van der Waals surface area contributed by atoms with Gasteiger partial charge in [-0.25, -0.2) is 4.98 Å². The van der Waals surface area contributed by atoms with Gasteiger partial charge in [-0.3, -0.25) is 4.90 Å². The van der Waals surface area contributed by atoms with Gasteiger partial charge >= 0.3 is 0 Å². The molecular formula is C16H26N4S. The summed E-state index contributed by atoms with van der Waals surface area (Å²) in [6.07, 6.45) is 5.63. The number of rotatable bonds is 6. The lowest BCUT2D eigenvalue weighted by Gasteiger charge is -2.34. The van der Waals surface area contributed by atoms with E-state index in [2.05, 4.69) is 22.0 Å². The van der Waals surface area contributed by atoms with Crippen LogP contribution in [0.25, 0.3) is 0 Å². The molecule has 0 aromatic carbocycles. The SMILES string of the molecule is Cc1nc(N2CCN(CC3CC3)CC2)sc1CNC1CC1. The zero-order chi connectivity index (χ0) is 14.2. The van der Waals surface area contributed by atoms with Crippen molar-refractivity contribution < 1.29 is 0 Å². The smallest absolute Gasteiger partial charge is 0.185 e. The molecule has 4 rings (SSSR count). The topological polar surface area (TPSA) is 31.4 Å². The van der Waals surface area contributed by atoms with Crippen LogP contribution in [0.3, 0.4) is 0 Å². The number of thiazole rings is 1. The lowest BCUT2D eigenvalue weighted by Crippen LogP contribution is -2.47. The highest BCUT2D eigenvalue weighted by Gasteiger charge is 2.27. The Labute approximate surface area is 131 Å². The number of nitrogens with one attached hydrogen (secondary N) is 1. The van der Waals surface area contributed by atoms with Crippen LogP contribution in [0.2, 0.25) is 0 Å². The van der Waals surface area contributed by atoms with Gasteiger partial charge in [0.1, 0.15) is 0 Å². The highest BCUT2D eigenvalue weighted by atomic mass is 32.1. The third-order valence-electron chi connectivity index (χ3n) is 4.87. The van der Waals surface area contributed by atoms with Gasteiger partial charge in [0.15, 0.2) is 5.13 Å². The molecule has 3 aliphatic rings. The van der Waals surface area contributed by atoms with E-state index in [1.54, 1.807) is 0 Å². The van der Waals surface area contributed by atoms with Gasteiger partial charge in [0, 0.05) is 50.2 Å². The molecule has 0 atom stereocenters. The maximum Gasteiger partial charge on any atom is 0.185 e. The first-order chi connectivity index (χ1) is 10.3. The van der Waals surface area contributed by atoms with Crippen molar-refractivity contribution in [2.75, 3.05) is 37.6 Å². The van der Waals surface area contributed by atoms with Crippen LogP contribution in [-0.2, 0) is 6.54 Å². The predicted molar refractivity (Wildman–Crippen MR) is 88.1 cm³/mol. The Morgan fingerprint density at radius 3 is 2.57 bits per heavy atom. The molecule has 0 amide bonds. The summed E-state index contributed by atoms with van der Waals surface area (Å²) >= 11 is 1.90. The van der Waals surface area contributed by atoms with E-state index in [0.29, 0.717) is 0 Å². The second kappa shape index (κ2) is 5.86. The lowest BCUT2D eigenvalue weighted by molar-refractivity contribution is 0.248. The fourth-order valence-corrected chi connectivity index (χ4v) is 4.09. The predicted octanol–water partition coefficient (Wildman–Crippen LogP) is 2.24. The first kappa shape index (κ1) is 14.0. The molecule has 1 aromatic heterocycles.